The fourth-order valence-corrected chi connectivity index (χ4v) is 6.85. The highest BCUT2D eigenvalue weighted by atomic mass is 35.5. The SMILES string of the molecule is CCCCCCCCCCCCCCCOc1cc(OCCCOc2cc(OCCCCCCCCCCCCCCC)cc(C(=N)N)c2)cc(C(=N)N)c1.Cl.Cl. The van der Waals surface area contributed by atoms with Crippen LogP contribution in [0.5, 0.6) is 23.0 Å². The summed E-state index contributed by atoms with van der Waals surface area (Å²) in [6.07, 6.45) is 34.8. The second-order valence-electron chi connectivity index (χ2n) is 15.4. The van der Waals surface area contributed by atoms with Crippen molar-refractivity contribution in [3.05, 3.63) is 47.5 Å². The third kappa shape index (κ3) is 29.1. The summed E-state index contributed by atoms with van der Waals surface area (Å²) in [5.41, 5.74) is 12.8. The van der Waals surface area contributed by atoms with Gasteiger partial charge in [0.2, 0.25) is 0 Å². The Balaban J connectivity index is 0.0000157. The maximum Gasteiger partial charge on any atom is 0.123 e. The molecule has 10 heteroatoms. The molecule has 0 radical (unpaired) electrons. The Kier molecular flexibility index (Phi) is 35.6. The number of nitrogens with two attached hydrogens (primary N) is 2. The Morgan fingerprint density at radius 3 is 0.789 bits per heavy atom. The van der Waals surface area contributed by atoms with Crippen molar-refractivity contribution in [1.82, 2.24) is 0 Å². The molecule has 0 fully saturated rings. The molecule has 0 aliphatic heterocycles. The van der Waals surface area contributed by atoms with Crippen molar-refractivity contribution in [1.29, 1.82) is 10.8 Å². The number of hydrogen-bond acceptors (Lipinski definition) is 6. The predicted molar refractivity (Wildman–Crippen MR) is 247 cm³/mol. The zero-order chi connectivity index (χ0) is 39.6. The Bertz CT molecular complexity index is 1190. The van der Waals surface area contributed by atoms with E-state index in [2.05, 4.69) is 13.8 Å². The van der Waals surface area contributed by atoms with Crippen LogP contribution >= 0.6 is 24.8 Å². The Labute approximate surface area is 360 Å². The fourth-order valence-electron chi connectivity index (χ4n) is 6.85. The second-order valence-corrected chi connectivity index (χ2v) is 15.4. The zero-order valence-corrected chi connectivity index (χ0v) is 37.6. The van der Waals surface area contributed by atoms with Crippen LogP contribution < -0.4 is 30.4 Å². The normalized spacial score (nSPS) is 10.7. The Morgan fingerprint density at radius 2 is 0.561 bits per heavy atom. The van der Waals surface area contributed by atoms with Crippen molar-refractivity contribution in [3.63, 3.8) is 0 Å². The monoisotopic (exact) mass is 837 g/mol. The molecule has 57 heavy (non-hydrogen) atoms. The molecule has 0 heterocycles. The van der Waals surface area contributed by atoms with Gasteiger partial charge in [-0.3, -0.25) is 10.8 Å². The first-order valence-corrected chi connectivity index (χ1v) is 22.4. The number of benzene rings is 2. The summed E-state index contributed by atoms with van der Waals surface area (Å²) in [5, 5.41) is 15.9. The van der Waals surface area contributed by atoms with Crippen molar-refractivity contribution in [2.45, 2.75) is 187 Å². The molecule has 6 N–H and O–H groups in total. The molecular formula is C47H82Cl2N4O4. The van der Waals surface area contributed by atoms with Crippen molar-refractivity contribution in [2.75, 3.05) is 26.4 Å². The number of nitrogen functional groups attached to an aromatic ring is 2. The quantitative estimate of drug-likeness (QED) is 0.0302. The molecule has 0 bridgehead atoms. The van der Waals surface area contributed by atoms with Crippen LogP contribution in [0.15, 0.2) is 36.4 Å². The molecule has 0 amide bonds. The van der Waals surface area contributed by atoms with Gasteiger partial charge in [-0.05, 0) is 37.1 Å². The first-order valence-electron chi connectivity index (χ1n) is 22.4. The highest BCUT2D eigenvalue weighted by Gasteiger charge is 2.09. The van der Waals surface area contributed by atoms with Gasteiger partial charge in [-0.15, -0.1) is 24.8 Å². The van der Waals surface area contributed by atoms with Gasteiger partial charge in [-0.25, -0.2) is 0 Å². The second kappa shape index (κ2) is 37.4. The van der Waals surface area contributed by atoms with E-state index in [0.717, 1.165) is 25.7 Å². The maximum atomic E-state index is 7.96. The van der Waals surface area contributed by atoms with Crippen LogP contribution in [0.1, 0.15) is 198 Å². The minimum absolute atomic E-state index is 0. The Morgan fingerprint density at radius 1 is 0.351 bits per heavy atom. The number of rotatable bonds is 38. The van der Waals surface area contributed by atoms with E-state index in [0.29, 0.717) is 67.0 Å². The third-order valence-electron chi connectivity index (χ3n) is 10.2. The lowest BCUT2D eigenvalue weighted by Gasteiger charge is -2.13. The van der Waals surface area contributed by atoms with Crippen LogP contribution in [0.4, 0.5) is 0 Å². The fraction of sp³-hybridized carbons (Fsp3) is 0.702. The lowest BCUT2D eigenvalue weighted by molar-refractivity contribution is 0.244. The summed E-state index contributed by atoms with van der Waals surface area (Å²) in [6.45, 7) is 6.67. The van der Waals surface area contributed by atoms with Crippen LogP contribution in [0.2, 0.25) is 0 Å². The molecule has 8 nitrogen and oxygen atoms in total. The van der Waals surface area contributed by atoms with Crippen LogP contribution in [-0.4, -0.2) is 38.1 Å². The smallest absolute Gasteiger partial charge is 0.123 e. The number of nitrogens with one attached hydrogen (secondary N) is 2. The Hall–Kier alpha value is -2.84. The summed E-state index contributed by atoms with van der Waals surface area (Å²) in [4.78, 5) is 0. The highest BCUT2D eigenvalue weighted by Crippen LogP contribution is 2.26. The minimum atomic E-state index is -0.0166. The number of unbranched alkanes of at least 4 members (excludes halogenated alkanes) is 24. The van der Waals surface area contributed by atoms with E-state index in [-0.39, 0.29) is 36.5 Å². The zero-order valence-electron chi connectivity index (χ0n) is 36.0. The van der Waals surface area contributed by atoms with Crippen molar-refractivity contribution < 1.29 is 18.9 Å². The molecule has 2 rings (SSSR count). The largest absolute Gasteiger partial charge is 0.493 e. The summed E-state index contributed by atoms with van der Waals surface area (Å²) < 4.78 is 24.2. The van der Waals surface area contributed by atoms with E-state index in [1.165, 1.54) is 141 Å². The van der Waals surface area contributed by atoms with Crippen LogP contribution in [0.25, 0.3) is 0 Å². The van der Waals surface area contributed by atoms with Gasteiger partial charge in [0, 0.05) is 29.7 Å². The van der Waals surface area contributed by atoms with Gasteiger partial charge in [0.05, 0.1) is 26.4 Å². The number of hydrogen-bond donors (Lipinski definition) is 4. The van der Waals surface area contributed by atoms with E-state index >= 15 is 0 Å². The number of ether oxygens (including phenoxy) is 4. The lowest BCUT2D eigenvalue weighted by atomic mass is 10.0. The van der Waals surface area contributed by atoms with Gasteiger partial charge in [0.1, 0.15) is 34.7 Å². The van der Waals surface area contributed by atoms with Crippen molar-refractivity contribution in [3.8, 4) is 23.0 Å². The molecule has 0 saturated carbocycles. The van der Waals surface area contributed by atoms with Crippen molar-refractivity contribution in [2.24, 2.45) is 11.5 Å². The van der Waals surface area contributed by atoms with E-state index in [1.54, 1.807) is 24.3 Å². The molecular weight excluding hydrogens is 755 g/mol. The van der Waals surface area contributed by atoms with Gasteiger partial charge in [-0.1, -0.05) is 168 Å². The van der Waals surface area contributed by atoms with Crippen LogP contribution in [-0.2, 0) is 0 Å². The molecule has 0 aliphatic carbocycles. The summed E-state index contributed by atoms with van der Waals surface area (Å²) in [7, 11) is 0. The predicted octanol–water partition coefficient (Wildman–Crippen LogP) is 13.9. The molecule has 0 saturated heterocycles. The molecule has 0 unspecified atom stereocenters. The van der Waals surface area contributed by atoms with Gasteiger partial charge < -0.3 is 30.4 Å². The first-order chi connectivity index (χ1) is 26.9. The van der Waals surface area contributed by atoms with Gasteiger partial charge >= 0.3 is 0 Å². The summed E-state index contributed by atoms with van der Waals surface area (Å²) in [5.74, 6) is 2.55. The van der Waals surface area contributed by atoms with Crippen LogP contribution in [0.3, 0.4) is 0 Å². The number of halogens is 2. The maximum absolute atomic E-state index is 7.96. The number of amidine groups is 2. The summed E-state index contributed by atoms with van der Waals surface area (Å²) in [6, 6.07) is 10.9. The van der Waals surface area contributed by atoms with Gasteiger partial charge in [-0.2, -0.15) is 0 Å². The van der Waals surface area contributed by atoms with E-state index in [4.69, 9.17) is 41.2 Å². The van der Waals surface area contributed by atoms with E-state index in [1.807, 2.05) is 12.1 Å². The van der Waals surface area contributed by atoms with Gasteiger partial charge in [0.25, 0.3) is 0 Å². The molecule has 0 aliphatic rings. The van der Waals surface area contributed by atoms with E-state index in [9.17, 15) is 0 Å². The molecule has 0 atom stereocenters. The standard InChI is InChI=1S/C47H80N4O4.2ClH/c1-3-5-7-9-11-13-15-17-19-21-23-25-27-30-52-42-34-40(46(48)49)36-44(38-42)54-32-29-33-55-45-37-41(47(50)51)35-43(39-45)53-31-28-26-24-22-20-18-16-14-12-10-8-6-4-2;;/h34-39H,3-33H2,1-2H3,(H3,48,49)(H3,50,51);2*1H. The lowest BCUT2D eigenvalue weighted by Crippen LogP contribution is -2.13. The van der Waals surface area contributed by atoms with Crippen molar-refractivity contribution >= 4 is 36.5 Å². The minimum Gasteiger partial charge on any atom is -0.493 e. The molecule has 328 valence electrons. The average Bonchev–Trinajstić information content (AvgIpc) is 3.17. The average molecular weight is 838 g/mol. The molecule has 0 aromatic heterocycles. The van der Waals surface area contributed by atoms with Crippen LogP contribution in [0, 0.1) is 10.8 Å². The van der Waals surface area contributed by atoms with E-state index < -0.39 is 0 Å². The molecule has 2 aromatic carbocycles. The first kappa shape index (κ1) is 54.2. The van der Waals surface area contributed by atoms with Gasteiger partial charge in [0.15, 0.2) is 0 Å². The summed E-state index contributed by atoms with van der Waals surface area (Å²) >= 11 is 0. The third-order valence-corrected chi connectivity index (χ3v) is 10.2. The molecule has 0 spiro atoms. The topological polar surface area (TPSA) is 137 Å². The highest BCUT2D eigenvalue weighted by molar-refractivity contribution is 5.96. The molecule has 2 aromatic rings.